The van der Waals surface area contributed by atoms with Gasteiger partial charge in [0.15, 0.2) is 0 Å². The van der Waals surface area contributed by atoms with Crippen molar-refractivity contribution in [3.63, 3.8) is 0 Å². The van der Waals surface area contributed by atoms with Crippen LogP contribution in [0.15, 0.2) is 66.0 Å². The first kappa shape index (κ1) is 16.7. The summed E-state index contributed by atoms with van der Waals surface area (Å²) in [7, 11) is 0. The molecule has 3 N–H and O–H groups in total. The van der Waals surface area contributed by atoms with Gasteiger partial charge in [-0.05, 0) is 60.0 Å². The van der Waals surface area contributed by atoms with Crippen molar-refractivity contribution in [3.8, 4) is 0 Å². The van der Waals surface area contributed by atoms with Crippen molar-refractivity contribution in [2.75, 3.05) is 16.0 Å². The molecule has 0 saturated carbocycles. The van der Waals surface area contributed by atoms with E-state index < -0.39 is 0 Å². The van der Waals surface area contributed by atoms with E-state index in [1.54, 1.807) is 6.07 Å². The highest BCUT2D eigenvalue weighted by Crippen LogP contribution is 2.21. The molecule has 25 heavy (non-hydrogen) atoms. The molecular weight excluding hydrogens is 334 g/mol. The van der Waals surface area contributed by atoms with E-state index >= 15 is 0 Å². The SMILES string of the molecule is CC(=O)Nc1ccc(Nc2ccc(NC(=O)c3cccs3)cc2)cc1. The van der Waals surface area contributed by atoms with Gasteiger partial charge in [0.25, 0.3) is 5.91 Å². The summed E-state index contributed by atoms with van der Waals surface area (Å²) in [5.74, 6) is -0.204. The summed E-state index contributed by atoms with van der Waals surface area (Å²) in [6.45, 7) is 1.48. The van der Waals surface area contributed by atoms with Crippen LogP contribution in [-0.4, -0.2) is 11.8 Å². The third-order valence-corrected chi connectivity index (χ3v) is 4.25. The molecule has 6 heteroatoms. The largest absolute Gasteiger partial charge is 0.356 e. The Hall–Kier alpha value is -3.12. The molecular formula is C19H17N3O2S. The number of rotatable bonds is 5. The van der Waals surface area contributed by atoms with Gasteiger partial charge >= 0.3 is 0 Å². The predicted molar refractivity (Wildman–Crippen MR) is 103 cm³/mol. The molecule has 0 aliphatic heterocycles. The minimum atomic E-state index is -0.107. The number of nitrogens with one attached hydrogen (secondary N) is 3. The van der Waals surface area contributed by atoms with E-state index in [1.165, 1.54) is 18.3 Å². The zero-order chi connectivity index (χ0) is 17.6. The number of anilines is 4. The molecule has 0 saturated heterocycles. The van der Waals surface area contributed by atoms with Gasteiger partial charge in [0, 0.05) is 29.7 Å². The van der Waals surface area contributed by atoms with E-state index in [-0.39, 0.29) is 11.8 Å². The van der Waals surface area contributed by atoms with Gasteiger partial charge in [0.1, 0.15) is 0 Å². The molecule has 0 unspecified atom stereocenters. The van der Waals surface area contributed by atoms with Gasteiger partial charge in [-0.25, -0.2) is 0 Å². The smallest absolute Gasteiger partial charge is 0.265 e. The van der Waals surface area contributed by atoms with Gasteiger partial charge in [0.2, 0.25) is 5.91 Å². The zero-order valence-electron chi connectivity index (χ0n) is 13.6. The molecule has 126 valence electrons. The Morgan fingerprint density at radius 1 is 0.760 bits per heavy atom. The summed E-state index contributed by atoms with van der Waals surface area (Å²) in [6.07, 6.45) is 0. The lowest BCUT2D eigenvalue weighted by Crippen LogP contribution is -2.09. The zero-order valence-corrected chi connectivity index (χ0v) is 14.4. The van der Waals surface area contributed by atoms with E-state index in [4.69, 9.17) is 0 Å². The first-order chi connectivity index (χ1) is 12.1. The Labute approximate surface area is 149 Å². The van der Waals surface area contributed by atoms with E-state index in [2.05, 4.69) is 16.0 Å². The molecule has 5 nitrogen and oxygen atoms in total. The van der Waals surface area contributed by atoms with Crippen molar-refractivity contribution in [2.45, 2.75) is 6.92 Å². The van der Waals surface area contributed by atoms with Gasteiger partial charge < -0.3 is 16.0 Å². The number of carbonyl (C=O) groups excluding carboxylic acids is 2. The molecule has 1 heterocycles. The quantitative estimate of drug-likeness (QED) is 0.624. The highest BCUT2D eigenvalue weighted by atomic mass is 32.1. The molecule has 0 aliphatic carbocycles. The lowest BCUT2D eigenvalue weighted by atomic mass is 10.2. The van der Waals surface area contributed by atoms with Crippen LogP contribution in [0.1, 0.15) is 16.6 Å². The number of amides is 2. The second-order valence-electron chi connectivity index (χ2n) is 5.39. The van der Waals surface area contributed by atoms with Crippen molar-refractivity contribution in [1.29, 1.82) is 0 Å². The Balaban J connectivity index is 1.60. The molecule has 0 atom stereocenters. The first-order valence-corrected chi connectivity index (χ1v) is 8.58. The average molecular weight is 351 g/mol. The molecule has 0 bridgehead atoms. The van der Waals surface area contributed by atoms with Crippen molar-refractivity contribution >= 4 is 45.9 Å². The third-order valence-electron chi connectivity index (χ3n) is 3.38. The molecule has 2 aromatic carbocycles. The van der Waals surface area contributed by atoms with Crippen molar-refractivity contribution in [2.24, 2.45) is 0 Å². The maximum atomic E-state index is 12.0. The number of benzene rings is 2. The fourth-order valence-corrected chi connectivity index (χ4v) is 2.86. The number of hydrogen-bond donors (Lipinski definition) is 3. The monoisotopic (exact) mass is 351 g/mol. The summed E-state index contributed by atoms with van der Waals surface area (Å²) in [4.78, 5) is 23.7. The molecule has 2 amide bonds. The van der Waals surface area contributed by atoms with Crippen LogP contribution in [0.4, 0.5) is 22.7 Å². The van der Waals surface area contributed by atoms with Crippen LogP contribution in [0.2, 0.25) is 0 Å². The third kappa shape index (κ3) is 4.68. The normalized spacial score (nSPS) is 10.1. The van der Waals surface area contributed by atoms with Crippen LogP contribution in [0.25, 0.3) is 0 Å². The van der Waals surface area contributed by atoms with E-state index in [0.717, 1.165) is 22.7 Å². The van der Waals surface area contributed by atoms with Crippen LogP contribution in [0.3, 0.4) is 0 Å². The standard InChI is InChI=1S/C19H17N3O2S/c1-13(23)20-14-4-6-15(7-5-14)21-16-8-10-17(11-9-16)22-19(24)18-3-2-12-25-18/h2-12,21H,1H3,(H,20,23)(H,22,24). The first-order valence-electron chi connectivity index (χ1n) is 7.70. The van der Waals surface area contributed by atoms with Crippen molar-refractivity contribution < 1.29 is 9.59 Å². The van der Waals surface area contributed by atoms with Crippen molar-refractivity contribution in [1.82, 2.24) is 0 Å². The van der Waals surface area contributed by atoms with E-state index in [0.29, 0.717) is 4.88 Å². The fraction of sp³-hybridized carbons (Fsp3) is 0.0526. The Kier molecular flexibility index (Phi) is 5.11. The Morgan fingerprint density at radius 3 is 1.76 bits per heavy atom. The average Bonchev–Trinajstić information content (AvgIpc) is 3.13. The molecule has 0 spiro atoms. The van der Waals surface area contributed by atoms with Crippen LogP contribution < -0.4 is 16.0 Å². The number of hydrogen-bond acceptors (Lipinski definition) is 4. The fourth-order valence-electron chi connectivity index (χ4n) is 2.24. The Morgan fingerprint density at radius 2 is 1.28 bits per heavy atom. The van der Waals surface area contributed by atoms with Gasteiger partial charge in [0.05, 0.1) is 4.88 Å². The van der Waals surface area contributed by atoms with E-state index in [1.807, 2.05) is 60.0 Å². The minimum absolute atomic E-state index is 0.0964. The summed E-state index contributed by atoms with van der Waals surface area (Å²) in [5, 5.41) is 10.7. The molecule has 3 aromatic rings. The summed E-state index contributed by atoms with van der Waals surface area (Å²) < 4.78 is 0. The molecule has 1 aromatic heterocycles. The lowest BCUT2D eigenvalue weighted by Gasteiger charge is -2.09. The van der Waals surface area contributed by atoms with Crippen molar-refractivity contribution in [3.05, 3.63) is 70.9 Å². The molecule has 0 aliphatic rings. The maximum absolute atomic E-state index is 12.0. The lowest BCUT2D eigenvalue weighted by molar-refractivity contribution is -0.114. The van der Waals surface area contributed by atoms with E-state index in [9.17, 15) is 9.59 Å². The van der Waals surface area contributed by atoms with Gasteiger partial charge in [-0.15, -0.1) is 11.3 Å². The number of thiophene rings is 1. The predicted octanol–water partition coefficient (Wildman–Crippen LogP) is 4.70. The summed E-state index contributed by atoms with van der Waals surface area (Å²) >= 11 is 1.41. The maximum Gasteiger partial charge on any atom is 0.265 e. The van der Waals surface area contributed by atoms with Gasteiger partial charge in [-0.1, -0.05) is 6.07 Å². The second kappa shape index (κ2) is 7.63. The second-order valence-corrected chi connectivity index (χ2v) is 6.34. The van der Waals surface area contributed by atoms with Crippen LogP contribution >= 0.6 is 11.3 Å². The highest BCUT2D eigenvalue weighted by Gasteiger charge is 2.06. The highest BCUT2D eigenvalue weighted by molar-refractivity contribution is 7.12. The van der Waals surface area contributed by atoms with Crippen LogP contribution in [0.5, 0.6) is 0 Å². The Bertz CT molecular complexity index is 857. The molecule has 0 fully saturated rings. The van der Waals surface area contributed by atoms with Crippen LogP contribution in [-0.2, 0) is 4.79 Å². The topological polar surface area (TPSA) is 70.2 Å². The number of carbonyl (C=O) groups is 2. The summed E-state index contributed by atoms with van der Waals surface area (Å²) in [5.41, 5.74) is 3.31. The van der Waals surface area contributed by atoms with Gasteiger partial charge in [-0.2, -0.15) is 0 Å². The minimum Gasteiger partial charge on any atom is -0.356 e. The molecule has 0 radical (unpaired) electrons. The van der Waals surface area contributed by atoms with Crippen LogP contribution in [0, 0.1) is 0 Å². The molecule has 3 rings (SSSR count). The summed E-state index contributed by atoms with van der Waals surface area (Å²) in [6, 6.07) is 18.6. The van der Waals surface area contributed by atoms with Gasteiger partial charge in [-0.3, -0.25) is 9.59 Å².